The van der Waals surface area contributed by atoms with Gasteiger partial charge in [-0.05, 0) is 65.5 Å². The van der Waals surface area contributed by atoms with Gasteiger partial charge >= 0.3 is 0 Å². The first-order valence-corrected chi connectivity index (χ1v) is 13.5. The van der Waals surface area contributed by atoms with E-state index in [1.807, 2.05) is 13.8 Å². The zero-order chi connectivity index (χ0) is 26.9. The summed E-state index contributed by atoms with van der Waals surface area (Å²) in [7, 11) is 0. The summed E-state index contributed by atoms with van der Waals surface area (Å²) in [4.78, 5) is 40.6. The first kappa shape index (κ1) is 34.3. The average Bonchev–Trinajstić information content (AvgIpc) is 2.88. The molecule has 2 unspecified atom stereocenters. The van der Waals surface area contributed by atoms with Crippen LogP contribution in [0.2, 0.25) is 0 Å². The maximum atomic E-state index is 12.8. The number of carbonyl (C=O) groups excluding carboxylic acids is 3. The van der Waals surface area contributed by atoms with E-state index in [2.05, 4.69) is 26.6 Å². The van der Waals surface area contributed by atoms with Crippen molar-refractivity contribution in [2.45, 2.75) is 103 Å². The molecule has 0 aromatic rings. The smallest absolute Gasteiger partial charge is 0.243 e. The third-order valence-electron chi connectivity index (χ3n) is 6.04. The Morgan fingerprint density at radius 3 is 1.69 bits per heavy atom. The van der Waals surface area contributed by atoms with Crippen molar-refractivity contribution in [3.05, 3.63) is 0 Å². The second-order valence-electron chi connectivity index (χ2n) is 9.44. The quantitative estimate of drug-likeness (QED) is 0.0466. The van der Waals surface area contributed by atoms with Gasteiger partial charge in [-0.2, -0.15) is 0 Å². The van der Waals surface area contributed by atoms with Gasteiger partial charge < -0.3 is 21.0 Å². The summed E-state index contributed by atoms with van der Waals surface area (Å²) in [5.41, 5.74) is 4.48. The molecule has 36 heavy (non-hydrogen) atoms. The standard InChI is InChI=1S/C25H50N6O5/c1-22(29-35)13-7-5-10-15-26-19-24(33)31(18-12-4-3-9-17-28-21-32)25(34)20-27-16-11-6-8-14-23(2)30-36/h22-23,26-27,29-30,35-36H,3-20H2,1-2H3. The lowest BCUT2D eigenvalue weighted by atomic mass is 10.1. The number of amides is 2. The lowest BCUT2D eigenvalue weighted by Gasteiger charge is -2.21. The Morgan fingerprint density at radius 2 is 1.22 bits per heavy atom. The third kappa shape index (κ3) is 20.5. The predicted octanol–water partition coefficient (Wildman–Crippen LogP) is 2.27. The van der Waals surface area contributed by atoms with Gasteiger partial charge in [0, 0.05) is 18.6 Å². The van der Waals surface area contributed by atoms with E-state index in [1.165, 1.54) is 11.0 Å². The molecule has 0 radical (unpaired) electrons. The van der Waals surface area contributed by atoms with E-state index in [1.54, 1.807) is 0 Å². The normalized spacial score (nSPS) is 12.7. The number of rotatable bonds is 25. The van der Waals surface area contributed by atoms with E-state index in [-0.39, 0.29) is 37.0 Å². The zero-order valence-corrected chi connectivity index (χ0v) is 22.4. The fourth-order valence-electron chi connectivity index (χ4n) is 3.71. The molecule has 11 heteroatoms. The third-order valence-corrected chi connectivity index (χ3v) is 6.04. The lowest BCUT2D eigenvalue weighted by molar-refractivity contribution is -0.143. The van der Waals surface area contributed by atoms with E-state index in [0.717, 1.165) is 77.0 Å². The van der Waals surface area contributed by atoms with Crippen LogP contribution in [0.1, 0.15) is 90.9 Å². The van der Waals surface area contributed by atoms with Crippen molar-refractivity contribution < 1.29 is 24.8 Å². The number of aliphatic imine (C=N–C) groups is 1. The van der Waals surface area contributed by atoms with Gasteiger partial charge in [-0.15, -0.1) is 0 Å². The highest BCUT2D eigenvalue weighted by Crippen LogP contribution is 2.05. The van der Waals surface area contributed by atoms with Crippen LogP contribution in [0, 0.1) is 0 Å². The van der Waals surface area contributed by atoms with Crippen molar-refractivity contribution in [2.75, 3.05) is 39.3 Å². The van der Waals surface area contributed by atoms with Gasteiger partial charge in [-0.25, -0.2) is 20.7 Å². The van der Waals surface area contributed by atoms with E-state index in [0.29, 0.717) is 26.2 Å². The van der Waals surface area contributed by atoms with Crippen LogP contribution in [0.4, 0.5) is 0 Å². The molecule has 210 valence electrons. The number of hydroxylamine groups is 2. The molecule has 0 heterocycles. The minimum atomic E-state index is -0.212. The van der Waals surface area contributed by atoms with Crippen LogP contribution >= 0.6 is 0 Å². The fourth-order valence-corrected chi connectivity index (χ4v) is 3.71. The number of hydrogen-bond donors (Lipinski definition) is 6. The summed E-state index contributed by atoms with van der Waals surface area (Å²) in [5.74, 6) is -0.424. The molecule has 0 saturated carbocycles. The molecule has 0 aliphatic carbocycles. The van der Waals surface area contributed by atoms with Gasteiger partial charge in [0.15, 0.2) is 0 Å². The summed E-state index contributed by atoms with van der Waals surface area (Å²) in [6.07, 6.45) is 12.4. The van der Waals surface area contributed by atoms with Crippen LogP contribution in [-0.4, -0.2) is 84.6 Å². The maximum Gasteiger partial charge on any atom is 0.243 e. The van der Waals surface area contributed by atoms with Gasteiger partial charge in [-0.1, -0.05) is 38.5 Å². The van der Waals surface area contributed by atoms with Crippen molar-refractivity contribution >= 4 is 17.9 Å². The van der Waals surface area contributed by atoms with Crippen LogP contribution in [0.25, 0.3) is 0 Å². The summed E-state index contributed by atoms with van der Waals surface area (Å²) >= 11 is 0. The Morgan fingerprint density at radius 1 is 0.750 bits per heavy atom. The van der Waals surface area contributed by atoms with Crippen molar-refractivity contribution in [3.8, 4) is 0 Å². The molecule has 0 aliphatic heterocycles. The Labute approximate surface area is 216 Å². The number of unbranched alkanes of at least 4 members (excludes halogenated alkanes) is 7. The summed E-state index contributed by atoms with van der Waals surface area (Å²) in [6, 6.07) is 0.162. The van der Waals surface area contributed by atoms with Crippen LogP contribution in [0.15, 0.2) is 4.99 Å². The lowest BCUT2D eigenvalue weighted by Crippen LogP contribution is -2.46. The van der Waals surface area contributed by atoms with Crippen LogP contribution < -0.4 is 21.6 Å². The van der Waals surface area contributed by atoms with E-state index >= 15 is 0 Å². The molecule has 2 amide bonds. The van der Waals surface area contributed by atoms with E-state index < -0.39 is 0 Å². The van der Waals surface area contributed by atoms with Crippen molar-refractivity contribution in [3.63, 3.8) is 0 Å². The fraction of sp³-hybridized carbons (Fsp3) is 0.880. The molecule has 11 nitrogen and oxygen atoms in total. The van der Waals surface area contributed by atoms with E-state index in [4.69, 9.17) is 10.4 Å². The summed E-state index contributed by atoms with van der Waals surface area (Å²) in [5, 5.41) is 24.0. The Hall–Kier alpha value is -1.72. The summed E-state index contributed by atoms with van der Waals surface area (Å²) in [6.45, 7) is 6.36. The minimum Gasteiger partial charge on any atom is -0.317 e. The molecule has 0 rings (SSSR count). The number of imide groups is 1. The molecule has 0 spiro atoms. The van der Waals surface area contributed by atoms with Crippen molar-refractivity contribution in [1.29, 1.82) is 0 Å². The van der Waals surface area contributed by atoms with Crippen LogP contribution in [-0.2, 0) is 14.4 Å². The Bertz CT molecular complexity index is 567. The topological polar surface area (TPSA) is 155 Å². The first-order chi connectivity index (χ1) is 17.5. The number of hydrogen-bond acceptors (Lipinski definition) is 10. The second kappa shape index (κ2) is 25.0. The first-order valence-electron chi connectivity index (χ1n) is 13.5. The monoisotopic (exact) mass is 514 g/mol. The van der Waals surface area contributed by atoms with Gasteiger partial charge in [0.25, 0.3) is 0 Å². The van der Waals surface area contributed by atoms with Crippen molar-refractivity contribution in [2.24, 2.45) is 4.99 Å². The van der Waals surface area contributed by atoms with Crippen molar-refractivity contribution in [1.82, 2.24) is 26.5 Å². The number of carbonyl (C=O) groups is 2. The SMILES string of the molecule is CC(CCCCCNCC(=O)N(CCCCCCN=C=O)C(=O)CNCCCCCC(C)NO)NO. The molecule has 2 atom stereocenters. The largest absolute Gasteiger partial charge is 0.317 e. The van der Waals surface area contributed by atoms with Crippen LogP contribution in [0.3, 0.4) is 0 Å². The molecule has 0 bridgehead atoms. The summed E-state index contributed by atoms with van der Waals surface area (Å²) < 4.78 is 0. The van der Waals surface area contributed by atoms with E-state index in [9.17, 15) is 14.4 Å². The number of nitrogens with zero attached hydrogens (tertiary/aromatic N) is 2. The number of isocyanates is 1. The zero-order valence-electron chi connectivity index (χ0n) is 22.4. The average molecular weight is 515 g/mol. The molecular formula is C25H50N6O5. The highest BCUT2D eigenvalue weighted by molar-refractivity contribution is 5.97. The molecular weight excluding hydrogens is 464 g/mol. The predicted molar refractivity (Wildman–Crippen MR) is 140 cm³/mol. The molecule has 0 aromatic carbocycles. The molecule has 0 aliphatic rings. The van der Waals surface area contributed by atoms with Gasteiger partial charge in [0.05, 0.1) is 19.6 Å². The van der Waals surface area contributed by atoms with Gasteiger partial charge in [-0.3, -0.25) is 14.5 Å². The second-order valence-corrected chi connectivity index (χ2v) is 9.44. The highest BCUT2D eigenvalue weighted by Gasteiger charge is 2.20. The van der Waals surface area contributed by atoms with Gasteiger partial charge in [0.2, 0.25) is 17.9 Å². The molecule has 0 aromatic heterocycles. The minimum absolute atomic E-state index is 0.0812. The van der Waals surface area contributed by atoms with Crippen LogP contribution in [0.5, 0.6) is 0 Å². The highest BCUT2D eigenvalue weighted by atomic mass is 16.5. The molecule has 0 fully saturated rings. The Balaban J connectivity index is 4.34. The molecule has 6 N–H and O–H groups in total. The maximum absolute atomic E-state index is 12.8. The number of nitrogens with one attached hydrogen (secondary N) is 4. The molecule has 0 saturated heterocycles. The Kier molecular flexibility index (Phi) is 23.8. The van der Waals surface area contributed by atoms with Gasteiger partial charge in [0.1, 0.15) is 0 Å².